The van der Waals surface area contributed by atoms with Crippen LogP contribution in [0.1, 0.15) is 35.1 Å². The Balaban J connectivity index is 2.12. The van der Waals surface area contributed by atoms with E-state index in [4.69, 9.17) is 5.11 Å². The molecule has 1 aromatic rings. The minimum atomic E-state index is -0.823. The lowest BCUT2D eigenvalue weighted by Gasteiger charge is -2.16. The van der Waals surface area contributed by atoms with E-state index >= 15 is 0 Å². The summed E-state index contributed by atoms with van der Waals surface area (Å²) in [5, 5.41) is 9.12. The Morgan fingerprint density at radius 1 is 1.50 bits per heavy atom. The Kier molecular flexibility index (Phi) is 3.76. The molecule has 1 N–H and O–H groups in total. The molecule has 1 saturated heterocycles. The Hall–Kier alpha value is -1.29. The standard InChI is InChI=1S/C14H22N2O2/c1-4-15-6-5-12(8-15)9-16-10(2)7-13(11(16)3)14(17)18/h7,12H,4-6,8-9H2,1-3H3,(H,17,18). The second kappa shape index (κ2) is 5.14. The highest BCUT2D eigenvalue weighted by atomic mass is 16.4. The highest BCUT2D eigenvalue weighted by Crippen LogP contribution is 2.22. The molecule has 1 aliphatic heterocycles. The fourth-order valence-corrected chi connectivity index (χ4v) is 2.91. The summed E-state index contributed by atoms with van der Waals surface area (Å²) >= 11 is 0. The normalized spacial score (nSPS) is 20.5. The van der Waals surface area contributed by atoms with E-state index in [-0.39, 0.29) is 0 Å². The lowest BCUT2D eigenvalue weighted by molar-refractivity contribution is 0.0696. The van der Waals surface area contributed by atoms with E-state index in [1.165, 1.54) is 13.0 Å². The Morgan fingerprint density at radius 2 is 2.22 bits per heavy atom. The van der Waals surface area contributed by atoms with Gasteiger partial charge in [-0.05, 0) is 45.3 Å². The molecule has 0 bridgehead atoms. The first-order valence-corrected chi connectivity index (χ1v) is 6.65. The maximum atomic E-state index is 11.1. The average Bonchev–Trinajstić information content (AvgIpc) is 2.88. The summed E-state index contributed by atoms with van der Waals surface area (Å²) in [6.07, 6.45) is 1.22. The zero-order valence-electron chi connectivity index (χ0n) is 11.4. The molecule has 1 fully saturated rings. The Bertz CT molecular complexity index is 451. The highest BCUT2D eigenvalue weighted by molar-refractivity contribution is 5.89. The monoisotopic (exact) mass is 250 g/mol. The summed E-state index contributed by atoms with van der Waals surface area (Å²) in [5.41, 5.74) is 2.38. The molecule has 18 heavy (non-hydrogen) atoms. The molecule has 2 rings (SSSR count). The second-order valence-electron chi connectivity index (χ2n) is 5.25. The molecular formula is C14H22N2O2. The van der Waals surface area contributed by atoms with Gasteiger partial charge in [-0.1, -0.05) is 6.92 Å². The van der Waals surface area contributed by atoms with Crippen LogP contribution in [0.15, 0.2) is 6.07 Å². The highest BCUT2D eigenvalue weighted by Gasteiger charge is 2.23. The van der Waals surface area contributed by atoms with Crippen LogP contribution in [0.4, 0.5) is 0 Å². The van der Waals surface area contributed by atoms with Crippen molar-refractivity contribution in [3.05, 3.63) is 23.0 Å². The van der Waals surface area contributed by atoms with Crippen LogP contribution in [0.25, 0.3) is 0 Å². The fraction of sp³-hybridized carbons (Fsp3) is 0.643. The van der Waals surface area contributed by atoms with Gasteiger partial charge in [0.05, 0.1) is 5.56 Å². The second-order valence-corrected chi connectivity index (χ2v) is 5.25. The van der Waals surface area contributed by atoms with Crippen LogP contribution in [0.5, 0.6) is 0 Å². The van der Waals surface area contributed by atoms with Crippen molar-refractivity contribution in [1.29, 1.82) is 0 Å². The molecule has 2 heterocycles. The lowest BCUT2D eigenvalue weighted by Crippen LogP contribution is -2.21. The predicted octanol–water partition coefficient (Wildman–Crippen LogP) is 2.14. The summed E-state index contributed by atoms with van der Waals surface area (Å²) < 4.78 is 2.16. The van der Waals surface area contributed by atoms with Gasteiger partial charge in [0.15, 0.2) is 0 Å². The van der Waals surface area contributed by atoms with Crippen LogP contribution in [0.3, 0.4) is 0 Å². The van der Waals surface area contributed by atoms with E-state index in [0.29, 0.717) is 11.5 Å². The van der Waals surface area contributed by atoms with Gasteiger partial charge >= 0.3 is 5.97 Å². The van der Waals surface area contributed by atoms with Gasteiger partial charge in [-0.2, -0.15) is 0 Å². The van der Waals surface area contributed by atoms with Gasteiger partial charge < -0.3 is 14.6 Å². The van der Waals surface area contributed by atoms with Crippen molar-refractivity contribution in [3.8, 4) is 0 Å². The van der Waals surface area contributed by atoms with Gasteiger partial charge in [0.25, 0.3) is 0 Å². The first-order valence-electron chi connectivity index (χ1n) is 6.65. The van der Waals surface area contributed by atoms with Gasteiger partial charge in [-0.25, -0.2) is 4.79 Å². The molecule has 4 heteroatoms. The van der Waals surface area contributed by atoms with Gasteiger partial charge in [0.2, 0.25) is 0 Å². The van der Waals surface area contributed by atoms with Gasteiger partial charge in [-0.3, -0.25) is 0 Å². The minimum absolute atomic E-state index is 0.442. The molecule has 0 amide bonds. The number of aromatic nitrogens is 1. The van der Waals surface area contributed by atoms with Crippen molar-refractivity contribution in [2.24, 2.45) is 5.92 Å². The molecule has 0 aliphatic carbocycles. The zero-order chi connectivity index (χ0) is 13.3. The van der Waals surface area contributed by atoms with E-state index in [1.54, 1.807) is 6.07 Å². The molecule has 1 atom stereocenters. The lowest BCUT2D eigenvalue weighted by atomic mass is 10.1. The molecule has 1 aromatic heterocycles. The average molecular weight is 250 g/mol. The zero-order valence-corrected chi connectivity index (χ0v) is 11.4. The SMILES string of the molecule is CCN1CCC(Cn2c(C)cc(C(=O)O)c2C)C1. The van der Waals surface area contributed by atoms with E-state index < -0.39 is 5.97 Å². The van der Waals surface area contributed by atoms with Crippen LogP contribution in [-0.4, -0.2) is 40.2 Å². The number of aromatic carboxylic acids is 1. The maximum absolute atomic E-state index is 11.1. The Morgan fingerprint density at radius 3 is 2.72 bits per heavy atom. The number of carboxylic acid groups (broad SMARTS) is 1. The van der Waals surface area contributed by atoms with Crippen molar-refractivity contribution in [1.82, 2.24) is 9.47 Å². The van der Waals surface area contributed by atoms with E-state index in [0.717, 1.165) is 31.0 Å². The third-order valence-electron chi connectivity index (χ3n) is 4.06. The quantitative estimate of drug-likeness (QED) is 0.890. The summed E-state index contributed by atoms with van der Waals surface area (Å²) in [5.74, 6) is -0.174. The summed E-state index contributed by atoms with van der Waals surface area (Å²) in [6, 6.07) is 1.78. The van der Waals surface area contributed by atoms with Gasteiger partial charge in [-0.15, -0.1) is 0 Å². The molecule has 0 saturated carbocycles. The van der Waals surface area contributed by atoms with Crippen molar-refractivity contribution >= 4 is 5.97 Å². The fourth-order valence-electron chi connectivity index (χ4n) is 2.91. The summed E-state index contributed by atoms with van der Waals surface area (Å²) in [7, 11) is 0. The molecule has 1 aliphatic rings. The van der Waals surface area contributed by atoms with Crippen molar-refractivity contribution < 1.29 is 9.90 Å². The van der Waals surface area contributed by atoms with Gasteiger partial charge in [0.1, 0.15) is 0 Å². The first-order chi connectivity index (χ1) is 8.52. The molecule has 0 aromatic carbocycles. The number of likely N-dealkylation sites (tertiary alicyclic amines) is 1. The third-order valence-corrected chi connectivity index (χ3v) is 4.06. The summed E-state index contributed by atoms with van der Waals surface area (Å²) in [6.45, 7) is 10.5. The number of carbonyl (C=O) groups is 1. The van der Waals surface area contributed by atoms with Crippen LogP contribution in [0.2, 0.25) is 0 Å². The van der Waals surface area contributed by atoms with Gasteiger partial charge in [0, 0.05) is 24.5 Å². The number of carboxylic acids is 1. The number of hydrogen-bond donors (Lipinski definition) is 1. The number of aryl methyl sites for hydroxylation is 1. The molecule has 0 spiro atoms. The molecule has 4 nitrogen and oxygen atoms in total. The molecule has 100 valence electrons. The topological polar surface area (TPSA) is 45.5 Å². The van der Waals surface area contributed by atoms with Crippen LogP contribution >= 0.6 is 0 Å². The Labute approximate surface area is 108 Å². The van der Waals surface area contributed by atoms with Crippen LogP contribution < -0.4 is 0 Å². The number of nitrogens with zero attached hydrogens (tertiary/aromatic N) is 2. The van der Waals surface area contributed by atoms with Crippen molar-refractivity contribution in [2.45, 2.75) is 33.7 Å². The van der Waals surface area contributed by atoms with Crippen molar-refractivity contribution in [2.75, 3.05) is 19.6 Å². The number of rotatable bonds is 4. The predicted molar refractivity (Wildman–Crippen MR) is 71.1 cm³/mol. The van der Waals surface area contributed by atoms with Crippen LogP contribution in [0, 0.1) is 19.8 Å². The molecular weight excluding hydrogens is 228 g/mol. The van der Waals surface area contributed by atoms with E-state index in [1.807, 2.05) is 13.8 Å². The third kappa shape index (κ3) is 2.43. The summed E-state index contributed by atoms with van der Waals surface area (Å²) in [4.78, 5) is 13.6. The number of hydrogen-bond acceptors (Lipinski definition) is 2. The van der Waals surface area contributed by atoms with Crippen LogP contribution in [-0.2, 0) is 6.54 Å². The smallest absolute Gasteiger partial charge is 0.337 e. The van der Waals surface area contributed by atoms with E-state index in [9.17, 15) is 4.79 Å². The molecule has 0 radical (unpaired) electrons. The van der Waals surface area contributed by atoms with Crippen molar-refractivity contribution in [3.63, 3.8) is 0 Å². The van der Waals surface area contributed by atoms with E-state index in [2.05, 4.69) is 16.4 Å². The first kappa shape index (κ1) is 13.1. The largest absolute Gasteiger partial charge is 0.478 e. The molecule has 1 unspecified atom stereocenters. The maximum Gasteiger partial charge on any atom is 0.337 e. The minimum Gasteiger partial charge on any atom is -0.478 e.